The van der Waals surface area contributed by atoms with Gasteiger partial charge in [-0.1, -0.05) is 32.0 Å². The maximum atomic E-state index is 13.0. The fraction of sp³-hybridized carbons (Fsp3) is 0.400. The number of benzene rings is 1. The lowest BCUT2D eigenvalue weighted by molar-refractivity contribution is 0.145. The van der Waals surface area contributed by atoms with Crippen LogP contribution in [0.15, 0.2) is 46.7 Å². The predicted molar refractivity (Wildman–Crippen MR) is 122 cm³/mol. The van der Waals surface area contributed by atoms with Crippen molar-refractivity contribution >= 4 is 33.6 Å². The Morgan fingerprint density at radius 1 is 1.13 bits per heavy atom. The van der Waals surface area contributed by atoms with Gasteiger partial charge in [-0.25, -0.2) is 13.1 Å². The van der Waals surface area contributed by atoms with Gasteiger partial charge in [0.25, 0.3) is 0 Å². The number of sulfonamides is 1. The lowest BCUT2D eigenvalue weighted by Crippen LogP contribution is -2.48. The molecule has 1 aromatic carbocycles. The lowest BCUT2D eigenvalue weighted by atomic mass is 10.0. The van der Waals surface area contributed by atoms with E-state index in [0.717, 1.165) is 16.3 Å². The summed E-state index contributed by atoms with van der Waals surface area (Å²) in [5.41, 5.74) is 1.14. The number of rotatable bonds is 6. The first-order valence-corrected chi connectivity index (χ1v) is 12.6. The molecule has 160 valence electrons. The van der Waals surface area contributed by atoms with E-state index >= 15 is 0 Å². The van der Waals surface area contributed by atoms with Crippen molar-refractivity contribution in [3.05, 3.63) is 52.1 Å². The Balaban J connectivity index is 1.40. The minimum absolute atomic E-state index is 0.358. The van der Waals surface area contributed by atoms with Crippen molar-refractivity contribution in [3.63, 3.8) is 0 Å². The highest BCUT2D eigenvalue weighted by atomic mass is 32.2. The summed E-state index contributed by atoms with van der Waals surface area (Å²) in [5.74, 6) is 1.14. The van der Waals surface area contributed by atoms with Crippen LogP contribution in [0.3, 0.4) is 0 Å². The summed E-state index contributed by atoms with van der Waals surface area (Å²) in [5, 5.41) is 5.25. The average molecular weight is 464 g/mol. The highest BCUT2D eigenvalue weighted by Gasteiger charge is 2.28. The second-order valence-corrected chi connectivity index (χ2v) is 10.9. The summed E-state index contributed by atoms with van der Waals surface area (Å²) in [7, 11) is -3.47. The van der Waals surface area contributed by atoms with Crippen molar-refractivity contribution in [1.82, 2.24) is 24.0 Å². The molecule has 3 aromatic rings. The van der Waals surface area contributed by atoms with E-state index in [1.54, 1.807) is 27.8 Å². The standard InChI is InChI=1S/C20H25N5O2S3/c1-15(2)16-5-7-17(8-6-16)30(26,27)24-11-9-23(10-12-24)14-25-20(28)21-19(22-25)18-4-3-13-29-18/h3-8,13,15H,9-12,14H2,1-2H3,(H,21,22,28). The third-order valence-corrected chi connectivity index (χ3v) is 8.39. The van der Waals surface area contributed by atoms with Gasteiger partial charge in [0, 0.05) is 26.2 Å². The van der Waals surface area contributed by atoms with Crippen LogP contribution < -0.4 is 0 Å². The van der Waals surface area contributed by atoms with E-state index in [1.165, 1.54) is 0 Å². The zero-order valence-electron chi connectivity index (χ0n) is 17.0. The largest absolute Gasteiger partial charge is 0.282 e. The maximum Gasteiger partial charge on any atom is 0.243 e. The first kappa shape index (κ1) is 21.4. The summed E-state index contributed by atoms with van der Waals surface area (Å²) in [6.07, 6.45) is 0. The fourth-order valence-electron chi connectivity index (χ4n) is 3.46. The van der Waals surface area contributed by atoms with E-state index in [1.807, 2.05) is 34.3 Å². The van der Waals surface area contributed by atoms with E-state index in [2.05, 4.69) is 28.8 Å². The molecule has 0 amide bonds. The second-order valence-electron chi connectivity index (χ2n) is 7.65. The molecule has 30 heavy (non-hydrogen) atoms. The Labute approximate surface area is 186 Å². The number of H-pyrrole nitrogens is 1. The van der Waals surface area contributed by atoms with Crippen LogP contribution >= 0.6 is 23.6 Å². The molecule has 0 radical (unpaired) electrons. The topological polar surface area (TPSA) is 74.2 Å². The number of hydrogen-bond donors (Lipinski definition) is 1. The van der Waals surface area contributed by atoms with E-state index in [0.29, 0.717) is 48.4 Å². The third kappa shape index (κ3) is 4.42. The number of thiophene rings is 1. The quantitative estimate of drug-likeness (QED) is 0.564. The molecule has 1 aliphatic rings. The summed E-state index contributed by atoms with van der Waals surface area (Å²) in [6, 6.07) is 11.2. The van der Waals surface area contributed by atoms with Crippen molar-refractivity contribution in [3.8, 4) is 10.7 Å². The molecule has 1 N–H and O–H groups in total. The molecule has 0 aliphatic carbocycles. The molecular formula is C20H25N5O2S3. The molecule has 1 aliphatic heterocycles. The maximum absolute atomic E-state index is 13.0. The molecule has 10 heteroatoms. The number of hydrogen-bond acceptors (Lipinski definition) is 6. The minimum atomic E-state index is -3.47. The number of nitrogens with one attached hydrogen (secondary N) is 1. The second kappa shape index (κ2) is 8.72. The Hall–Kier alpha value is -1.85. The molecule has 3 heterocycles. The molecule has 7 nitrogen and oxygen atoms in total. The van der Waals surface area contributed by atoms with Crippen molar-refractivity contribution < 1.29 is 8.42 Å². The van der Waals surface area contributed by atoms with Crippen molar-refractivity contribution in [2.45, 2.75) is 31.3 Å². The van der Waals surface area contributed by atoms with Crippen LogP contribution in [0.2, 0.25) is 0 Å². The molecule has 0 spiro atoms. The van der Waals surface area contributed by atoms with Crippen LogP contribution in [0.5, 0.6) is 0 Å². The van der Waals surface area contributed by atoms with Crippen LogP contribution in [0.25, 0.3) is 10.7 Å². The van der Waals surface area contributed by atoms with E-state index < -0.39 is 10.0 Å². The van der Waals surface area contributed by atoms with Crippen LogP contribution in [0, 0.1) is 4.77 Å². The van der Waals surface area contributed by atoms with Gasteiger partial charge in [-0.3, -0.25) is 10.00 Å². The smallest absolute Gasteiger partial charge is 0.243 e. The van der Waals surface area contributed by atoms with Crippen LogP contribution in [0.4, 0.5) is 0 Å². The van der Waals surface area contributed by atoms with Gasteiger partial charge in [0.15, 0.2) is 5.82 Å². The molecule has 0 unspecified atom stereocenters. The van der Waals surface area contributed by atoms with E-state index in [-0.39, 0.29) is 0 Å². The summed E-state index contributed by atoms with van der Waals surface area (Å²) in [4.78, 5) is 8.01. The van der Waals surface area contributed by atoms with Crippen molar-refractivity contribution in [1.29, 1.82) is 0 Å². The Morgan fingerprint density at radius 3 is 2.43 bits per heavy atom. The highest BCUT2D eigenvalue weighted by Crippen LogP contribution is 2.22. The zero-order chi connectivity index (χ0) is 21.3. The molecule has 0 atom stereocenters. The molecule has 1 saturated heterocycles. The van der Waals surface area contributed by atoms with Crippen LogP contribution in [0.1, 0.15) is 25.3 Å². The van der Waals surface area contributed by atoms with Gasteiger partial charge in [0.1, 0.15) is 0 Å². The van der Waals surface area contributed by atoms with E-state index in [4.69, 9.17) is 12.2 Å². The van der Waals surface area contributed by atoms with Crippen molar-refractivity contribution in [2.24, 2.45) is 0 Å². The van der Waals surface area contributed by atoms with Gasteiger partial charge in [-0.05, 0) is 47.3 Å². The number of nitrogens with zero attached hydrogens (tertiary/aromatic N) is 4. The van der Waals surface area contributed by atoms with Gasteiger partial charge in [-0.2, -0.15) is 9.29 Å². The van der Waals surface area contributed by atoms with Gasteiger partial charge in [-0.15, -0.1) is 11.3 Å². The summed E-state index contributed by atoms with van der Waals surface area (Å²) < 4.78 is 29.9. The van der Waals surface area contributed by atoms with Gasteiger partial charge in [0.2, 0.25) is 14.8 Å². The minimum Gasteiger partial charge on any atom is -0.282 e. The molecule has 2 aromatic heterocycles. The zero-order valence-corrected chi connectivity index (χ0v) is 19.4. The Kier molecular flexibility index (Phi) is 6.21. The molecule has 4 rings (SSSR count). The molecular weight excluding hydrogens is 438 g/mol. The fourth-order valence-corrected chi connectivity index (χ4v) is 5.74. The van der Waals surface area contributed by atoms with Crippen LogP contribution in [-0.2, 0) is 16.7 Å². The van der Waals surface area contributed by atoms with Gasteiger partial charge in [0.05, 0.1) is 16.4 Å². The highest BCUT2D eigenvalue weighted by molar-refractivity contribution is 7.89. The number of aromatic amines is 1. The Bertz CT molecular complexity index is 1140. The average Bonchev–Trinajstić information content (AvgIpc) is 3.39. The first-order chi connectivity index (χ1) is 14.3. The molecule has 0 bridgehead atoms. The molecule has 0 saturated carbocycles. The normalized spacial score (nSPS) is 16.4. The van der Waals surface area contributed by atoms with Gasteiger partial charge < -0.3 is 0 Å². The summed E-state index contributed by atoms with van der Waals surface area (Å²) in [6.45, 7) is 6.93. The number of piperazine rings is 1. The number of aromatic nitrogens is 3. The SMILES string of the molecule is CC(C)c1ccc(S(=O)(=O)N2CCN(Cn3[nH]c(-c4cccs4)nc3=S)CC2)cc1. The predicted octanol–water partition coefficient (Wildman–Crippen LogP) is 3.76. The first-order valence-electron chi connectivity index (χ1n) is 9.88. The lowest BCUT2D eigenvalue weighted by Gasteiger charge is -2.33. The molecule has 1 fully saturated rings. The van der Waals surface area contributed by atoms with E-state index in [9.17, 15) is 8.42 Å². The Morgan fingerprint density at radius 2 is 1.83 bits per heavy atom. The van der Waals surface area contributed by atoms with Gasteiger partial charge >= 0.3 is 0 Å². The van der Waals surface area contributed by atoms with Crippen LogP contribution in [-0.4, -0.2) is 58.6 Å². The monoisotopic (exact) mass is 463 g/mol. The third-order valence-electron chi connectivity index (χ3n) is 5.29. The van der Waals surface area contributed by atoms with Crippen molar-refractivity contribution in [2.75, 3.05) is 26.2 Å². The summed E-state index contributed by atoms with van der Waals surface area (Å²) >= 11 is 6.99.